The molecule has 84 valence electrons. The molecule has 1 heterocycles. The number of rotatable bonds is 4. The van der Waals surface area contributed by atoms with Crippen LogP contribution in [0.15, 0.2) is 12.3 Å². The van der Waals surface area contributed by atoms with Crippen LogP contribution in [0, 0.1) is 10.1 Å². The van der Waals surface area contributed by atoms with Gasteiger partial charge in [-0.1, -0.05) is 0 Å². The van der Waals surface area contributed by atoms with Crippen molar-refractivity contribution >= 4 is 11.6 Å². The van der Waals surface area contributed by atoms with E-state index in [1.807, 2.05) is 0 Å². The summed E-state index contributed by atoms with van der Waals surface area (Å²) in [6.07, 6.45) is 2.72. The third-order valence-electron chi connectivity index (χ3n) is 2.11. The zero-order valence-electron chi connectivity index (χ0n) is 8.25. The van der Waals surface area contributed by atoms with Crippen molar-refractivity contribution in [3.8, 4) is 5.75 Å². The normalized spacial score (nSPS) is 14.5. The van der Waals surface area contributed by atoms with Crippen LogP contribution in [0.5, 0.6) is 5.75 Å². The summed E-state index contributed by atoms with van der Waals surface area (Å²) in [5.74, 6) is -0.688. The molecule has 1 saturated carbocycles. The maximum absolute atomic E-state index is 10.9. The van der Waals surface area contributed by atoms with E-state index in [9.17, 15) is 14.9 Å². The van der Waals surface area contributed by atoms with Crippen molar-refractivity contribution in [1.82, 2.24) is 4.98 Å². The number of aromatic nitrogens is 1. The Labute approximate surface area is 90.4 Å². The summed E-state index contributed by atoms with van der Waals surface area (Å²) in [5.41, 5.74) is 4.74. The Morgan fingerprint density at radius 3 is 2.81 bits per heavy atom. The van der Waals surface area contributed by atoms with E-state index in [1.54, 1.807) is 0 Å². The molecular formula is C9H9N3O4. The fourth-order valence-corrected chi connectivity index (χ4v) is 1.16. The van der Waals surface area contributed by atoms with Crippen LogP contribution in [0.25, 0.3) is 0 Å². The molecule has 16 heavy (non-hydrogen) atoms. The van der Waals surface area contributed by atoms with Gasteiger partial charge in [0.2, 0.25) is 5.75 Å². The zero-order chi connectivity index (χ0) is 11.7. The summed E-state index contributed by atoms with van der Waals surface area (Å²) in [7, 11) is 0. The van der Waals surface area contributed by atoms with Crippen molar-refractivity contribution in [2.45, 2.75) is 18.9 Å². The second-order valence-corrected chi connectivity index (χ2v) is 3.48. The van der Waals surface area contributed by atoms with Gasteiger partial charge in [-0.05, 0) is 12.8 Å². The smallest absolute Gasteiger partial charge is 0.329 e. The fourth-order valence-electron chi connectivity index (χ4n) is 1.16. The summed E-state index contributed by atoms with van der Waals surface area (Å²) in [6, 6.07) is 1.21. The average molecular weight is 223 g/mol. The van der Waals surface area contributed by atoms with Gasteiger partial charge in [-0.2, -0.15) is 0 Å². The Morgan fingerprint density at radius 2 is 2.31 bits per heavy atom. The number of hydrogen-bond donors (Lipinski definition) is 1. The summed E-state index contributed by atoms with van der Waals surface area (Å²) in [4.78, 5) is 24.5. The van der Waals surface area contributed by atoms with Crippen molar-refractivity contribution in [3.05, 3.63) is 28.1 Å². The van der Waals surface area contributed by atoms with Crippen LogP contribution in [-0.2, 0) is 0 Å². The highest BCUT2D eigenvalue weighted by Crippen LogP contribution is 2.33. The molecule has 0 unspecified atom stereocenters. The van der Waals surface area contributed by atoms with E-state index in [2.05, 4.69) is 4.98 Å². The van der Waals surface area contributed by atoms with Gasteiger partial charge in [-0.15, -0.1) is 0 Å². The molecule has 0 atom stereocenters. The molecule has 7 heteroatoms. The van der Waals surface area contributed by atoms with Gasteiger partial charge in [0.15, 0.2) is 0 Å². The predicted molar refractivity (Wildman–Crippen MR) is 53.1 cm³/mol. The van der Waals surface area contributed by atoms with Crippen LogP contribution in [0.3, 0.4) is 0 Å². The van der Waals surface area contributed by atoms with Gasteiger partial charge in [-0.25, -0.2) is 4.98 Å². The SMILES string of the molecule is NC(=O)c1cc(OC2CC2)c([N+](=O)[O-])cn1. The fraction of sp³-hybridized carbons (Fsp3) is 0.333. The molecule has 0 aromatic carbocycles. The van der Waals surface area contributed by atoms with Crippen molar-refractivity contribution in [2.24, 2.45) is 5.73 Å². The minimum Gasteiger partial charge on any atom is -0.483 e. The Kier molecular flexibility index (Phi) is 2.43. The Balaban J connectivity index is 2.37. The summed E-state index contributed by atoms with van der Waals surface area (Å²) >= 11 is 0. The number of amides is 1. The maximum atomic E-state index is 10.9. The molecule has 1 fully saturated rings. The standard InChI is InChI=1S/C9H9N3O4/c10-9(13)6-3-8(16-5-1-2-5)7(4-11-6)12(14)15/h3-5H,1-2H2,(H2,10,13). The maximum Gasteiger partial charge on any atom is 0.329 e. The largest absolute Gasteiger partial charge is 0.483 e. The molecule has 2 rings (SSSR count). The van der Waals surface area contributed by atoms with E-state index in [0.717, 1.165) is 19.0 Å². The number of nitrogens with two attached hydrogens (primary N) is 1. The van der Waals surface area contributed by atoms with E-state index in [0.29, 0.717) is 0 Å². The predicted octanol–water partition coefficient (Wildman–Crippen LogP) is 0.630. The topological polar surface area (TPSA) is 108 Å². The zero-order valence-corrected chi connectivity index (χ0v) is 8.25. The molecule has 1 amide bonds. The number of carbonyl (C=O) groups is 1. The number of carbonyl (C=O) groups excluding carboxylic acids is 1. The van der Waals surface area contributed by atoms with E-state index < -0.39 is 10.8 Å². The lowest BCUT2D eigenvalue weighted by atomic mass is 10.3. The van der Waals surface area contributed by atoms with Crippen LogP contribution in [0.1, 0.15) is 23.3 Å². The van der Waals surface area contributed by atoms with Gasteiger partial charge in [0.25, 0.3) is 5.91 Å². The van der Waals surface area contributed by atoms with Crippen molar-refractivity contribution in [2.75, 3.05) is 0 Å². The molecule has 0 aliphatic heterocycles. The second-order valence-electron chi connectivity index (χ2n) is 3.48. The number of hydrogen-bond acceptors (Lipinski definition) is 5. The van der Waals surface area contributed by atoms with Gasteiger partial charge in [0, 0.05) is 6.07 Å². The first-order valence-corrected chi connectivity index (χ1v) is 4.69. The van der Waals surface area contributed by atoms with Crippen LogP contribution >= 0.6 is 0 Å². The highest BCUT2D eigenvalue weighted by Gasteiger charge is 2.28. The summed E-state index contributed by atoms with van der Waals surface area (Å²) in [6.45, 7) is 0. The van der Waals surface area contributed by atoms with E-state index in [1.165, 1.54) is 6.07 Å². The Bertz CT molecular complexity index is 456. The molecule has 2 N–H and O–H groups in total. The minimum atomic E-state index is -0.740. The van der Waals surface area contributed by atoms with Crippen LogP contribution in [0.4, 0.5) is 5.69 Å². The van der Waals surface area contributed by atoms with Crippen molar-refractivity contribution < 1.29 is 14.5 Å². The number of nitro groups is 1. The molecular weight excluding hydrogens is 214 g/mol. The number of nitrogens with zero attached hydrogens (tertiary/aromatic N) is 2. The monoisotopic (exact) mass is 223 g/mol. The molecule has 0 bridgehead atoms. The van der Waals surface area contributed by atoms with E-state index >= 15 is 0 Å². The molecule has 0 spiro atoms. The Morgan fingerprint density at radius 1 is 1.62 bits per heavy atom. The molecule has 0 saturated heterocycles. The quantitative estimate of drug-likeness (QED) is 0.594. The van der Waals surface area contributed by atoms with Crippen LogP contribution in [-0.4, -0.2) is 21.9 Å². The highest BCUT2D eigenvalue weighted by atomic mass is 16.6. The molecule has 1 aromatic heterocycles. The number of ether oxygens (including phenoxy) is 1. The van der Waals surface area contributed by atoms with E-state index in [4.69, 9.17) is 10.5 Å². The highest BCUT2D eigenvalue weighted by molar-refractivity contribution is 5.91. The number of pyridine rings is 1. The average Bonchev–Trinajstić information content (AvgIpc) is 3.01. The summed E-state index contributed by atoms with van der Waals surface area (Å²) in [5, 5.41) is 10.7. The van der Waals surface area contributed by atoms with Gasteiger partial charge >= 0.3 is 5.69 Å². The van der Waals surface area contributed by atoms with Gasteiger partial charge < -0.3 is 10.5 Å². The first kappa shape index (κ1) is 10.3. The lowest BCUT2D eigenvalue weighted by Gasteiger charge is -2.05. The molecule has 1 aliphatic carbocycles. The van der Waals surface area contributed by atoms with Gasteiger partial charge in [0.1, 0.15) is 11.9 Å². The third kappa shape index (κ3) is 2.08. The van der Waals surface area contributed by atoms with Crippen LogP contribution in [0.2, 0.25) is 0 Å². The van der Waals surface area contributed by atoms with E-state index in [-0.39, 0.29) is 23.2 Å². The van der Waals surface area contributed by atoms with Gasteiger partial charge in [-0.3, -0.25) is 14.9 Å². The third-order valence-corrected chi connectivity index (χ3v) is 2.11. The van der Waals surface area contributed by atoms with Crippen molar-refractivity contribution in [3.63, 3.8) is 0 Å². The lowest BCUT2D eigenvalue weighted by molar-refractivity contribution is -0.386. The molecule has 1 aliphatic rings. The molecule has 0 radical (unpaired) electrons. The molecule has 7 nitrogen and oxygen atoms in total. The lowest BCUT2D eigenvalue weighted by Crippen LogP contribution is -2.13. The van der Waals surface area contributed by atoms with Crippen LogP contribution < -0.4 is 10.5 Å². The minimum absolute atomic E-state index is 0.00169. The number of primary amides is 1. The van der Waals surface area contributed by atoms with Gasteiger partial charge in [0.05, 0.1) is 11.0 Å². The Hall–Kier alpha value is -2.18. The van der Waals surface area contributed by atoms with Crippen molar-refractivity contribution in [1.29, 1.82) is 0 Å². The first-order valence-electron chi connectivity index (χ1n) is 4.69. The second kappa shape index (κ2) is 3.76. The molecule has 1 aromatic rings. The summed E-state index contributed by atoms with van der Waals surface area (Å²) < 4.78 is 5.32. The first-order chi connectivity index (χ1) is 7.58.